The van der Waals surface area contributed by atoms with Crippen LogP contribution in [0.4, 0.5) is 0 Å². The van der Waals surface area contributed by atoms with Crippen molar-refractivity contribution in [2.75, 3.05) is 6.54 Å². The van der Waals surface area contributed by atoms with E-state index in [0.29, 0.717) is 23.0 Å². The van der Waals surface area contributed by atoms with Crippen LogP contribution in [0.15, 0.2) is 60.2 Å². The summed E-state index contributed by atoms with van der Waals surface area (Å²) >= 11 is 12.5. The van der Waals surface area contributed by atoms with Crippen molar-refractivity contribution in [3.05, 3.63) is 92.7 Å². The average molecular weight is 438 g/mol. The topological polar surface area (TPSA) is 57.8 Å². The second-order valence-electron chi connectivity index (χ2n) is 6.92. The van der Waals surface area contributed by atoms with Gasteiger partial charge in [-0.2, -0.15) is 5.26 Å². The van der Waals surface area contributed by atoms with Crippen LogP contribution in [0.25, 0.3) is 11.8 Å². The third-order valence-electron chi connectivity index (χ3n) is 4.83. The van der Waals surface area contributed by atoms with Gasteiger partial charge in [-0.3, -0.25) is 4.79 Å². The number of halogens is 2. The number of carbonyl (C=O) groups is 1. The normalized spacial score (nSPS) is 11.2. The van der Waals surface area contributed by atoms with E-state index in [4.69, 9.17) is 23.2 Å². The highest BCUT2D eigenvalue weighted by molar-refractivity contribution is 6.34. The molecule has 1 heterocycles. The molecule has 0 radical (unpaired) electrons. The Labute approximate surface area is 186 Å². The lowest BCUT2D eigenvalue weighted by molar-refractivity contribution is -0.117. The number of nitriles is 1. The zero-order chi connectivity index (χ0) is 21.7. The van der Waals surface area contributed by atoms with Gasteiger partial charge in [-0.05, 0) is 61.7 Å². The minimum atomic E-state index is -0.390. The molecule has 3 rings (SSSR count). The Balaban J connectivity index is 1.81. The van der Waals surface area contributed by atoms with Crippen molar-refractivity contribution >= 4 is 35.2 Å². The van der Waals surface area contributed by atoms with Crippen LogP contribution in [0.5, 0.6) is 0 Å². The molecule has 2 aromatic carbocycles. The first-order chi connectivity index (χ1) is 14.4. The average Bonchev–Trinajstić information content (AvgIpc) is 3.01. The molecule has 152 valence electrons. The van der Waals surface area contributed by atoms with Gasteiger partial charge in [0.15, 0.2) is 0 Å². The van der Waals surface area contributed by atoms with E-state index in [1.54, 1.807) is 24.3 Å². The van der Waals surface area contributed by atoms with Crippen LogP contribution >= 0.6 is 23.2 Å². The molecular formula is C24H21Cl2N3O. The van der Waals surface area contributed by atoms with Crippen LogP contribution < -0.4 is 5.32 Å². The standard InChI is InChI=1S/C24H21Cl2N3O/c1-16-12-19(17(2)29(16)23-14-21(25)8-9-22(23)26)13-20(15-27)24(30)28-11-10-18-6-4-3-5-7-18/h3-9,12-14H,10-11H2,1-2H3,(H,28,30)/b20-13-. The molecule has 0 unspecified atom stereocenters. The number of hydrogen-bond donors (Lipinski definition) is 1. The summed E-state index contributed by atoms with van der Waals surface area (Å²) in [5.74, 6) is -0.390. The number of amides is 1. The molecule has 0 aliphatic rings. The summed E-state index contributed by atoms with van der Waals surface area (Å²) in [6, 6.07) is 19.1. The fourth-order valence-electron chi connectivity index (χ4n) is 3.33. The molecular weight excluding hydrogens is 417 g/mol. The van der Waals surface area contributed by atoms with Crippen molar-refractivity contribution < 1.29 is 4.79 Å². The molecule has 1 aromatic heterocycles. The molecule has 1 N–H and O–H groups in total. The lowest BCUT2D eigenvalue weighted by Gasteiger charge is -2.12. The smallest absolute Gasteiger partial charge is 0.261 e. The molecule has 0 fully saturated rings. The van der Waals surface area contributed by atoms with Crippen LogP contribution in [-0.4, -0.2) is 17.0 Å². The summed E-state index contributed by atoms with van der Waals surface area (Å²) < 4.78 is 1.96. The molecule has 4 nitrogen and oxygen atoms in total. The third-order valence-corrected chi connectivity index (χ3v) is 5.38. The third kappa shape index (κ3) is 4.94. The van der Waals surface area contributed by atoms with E-state index in [1.165, 1.54) is 0 Å². The monoisotopic (exact) mass is 437 g/mol. The molecule has 0 aliphatic carbocycles. The van der Waals surface area contributed by atoms with Crippen molar-refractivity contribution in [3.63, 3.8) is 0 Å². The van der Waals surface area contributed by atoms with E-state index in [1.807, 2.05) is 60.9 Å². The number of nitrogens with one attached hydrogen (secondary N) is 1. The van der Waals surface area contributed by atoms with Crippen molar-refractivity contribution in [1.29, 1.82) is 5.26 Å². The molecule has 0 atom stereocenters. The summed E-state index contributed by atoms with van der Waals surface area (Å²) in [7, 11) is 0. The molecule has 1 amide bonds. The maximum absolute atomic E-state index is 12.5. The molecule has 3 aromatic rings. The van der Waals surface area contributed by atoms with Crippen LogP contribution in [0.1, 0.15) is 22.5 Å². The molecule has 0 bridgehead atoms. The number of benzene rings is 2. The largest absolute Gasteiger partial charge is 0.351 e. The lowest BCUT2D eigenvalue weighted by atomic mass is 10.1. The van der Waals surface area contributed by atoms with Gasteiger partial charge in [0.2, 0.25) is 0 Å². The first kappa shape index (κ1) is 21.7. The summed E-state index contributed by atoms with van der Waals surface area (Å²) in [4.78, 5) is 12.5. The van der Waals surface area contributed by atoms with Gasteiger partial charge in [-0.15, -0.1) is 0 Å². The lowest BCUT2D eigenvalue weighted by Crippen LogP contribution is -2.26. The predicted octanol–water partition coefficient (Wildman–Crippen LogP) is 5.67. The Bertz CT molecular complexity index is 1140. The van der Waals surface area contributed by atoms with Crippen molar-refractivity contribution in [2.45, 2.75) is 20.3 Å². The summed E-state index contributed by atoms with van der Waals surface area (Å²) in [5.41, 5.74) is 4.50. The van der Waals surface area contributed by atoms with E-state index in [0.717, 1.165) is 28.2 Å². The molecule has 6 heteroatoms. The van der Waals surface area contributed by atoms with Gasteiger partial charge in [0.25, 0.3) is 5.91 Å². The van der Waals surface area contributed by atoms with E-state index in [2.05, 4.69) is 5.32 Å². The highest BCUT2D eigenvalue weighted by atomic mass is 35.5. The minimum Gasteiger partial charge on any atom is -0.351 e. The first-order valence-corrected chi connectivity index (χ1v) is 10.2. The zero-order valence-electron chi connectivity index (χ0n) is 16.7. The second kappa shape index (κ2) is 9.67. The molecule has 0 aliphatic heterocycles. The van der Waals surface area contributed by atoms with Crippen LogP contribution in [0.2, 0.25) is 10.0 Å². The molecule has 0 saturated carbocycles. The van der Waals surface area contributed by atoms with Crippen LogP contribution in [0, 0.1) is 25.2 Å². The highest BCUT2D eigenvalue weighted by Gasteiger charge is 2.15. The number of aryl methyl sites for hydroxylation is 1. The van der Waals surface area contributed by atoms with Gasteiger partial charge in [-0.1, -0.05) is 53.5 Å². The first-order valence-electron chi connectivity index (χ1n) is 9.49. The number of nitrogens with zero attached hydrogens (tertiary/aromatic N) is 2. The van der Waals surface area contributed by atoms with Crippen LogP contribution in [0.3, 0.4) is 0 Å². The molecule has 0 saturated heterocycles. The summed E-state index contributed by atoms with van der Waals surface area (Å²) in [6.07, 6.45) is 2.31. The van der Waals surface area contributed by atoms with Gasteiger partial charge in [0.1, 0.15) is 11.6 Å². The Hall–Kier alpha value is -3.00. The van der Waals surface area contributed by atoms with Crippen LogP contribution in [-0.2, 0) is 11.2 Å². The zero-order valence-corrected chi connectivity index (χ0v) is 18.3. The Kier molecular flexibility index (Phi) is 6.99. The van der Waals surface area contributed by atoms with Gasteiger partial charge in [-0.25, -0.2) is 0 Å². The van der Waals surface area contributed by atoms with Gasteiger partial charge in [0.05, 0.1) is 10.7 Å². The highest BCUT2D eigenvalue weighted by Crippen LogP contribution is 2.29. The van der Waals surface area contributed by atoms with E-state index in [9.17, 15) is 10.1 Å². The predicted molar refractivity (Wildman–Crippen MR) is 122 cm³/mol. The van der Waals surface area contributed by atoms with Crippen molar-refractivity contribution in [2.24, 2.45) is 0 Å². The summed E-state index contributed by atoms with van der Waals surface area (Å²) in [6.45, 7) is 4.31. The fourth-order valence-corrected chi connectivity index (χ4v) is 3.69. The molecule has 0 spiro atoms. The van der Waals surface area contributed by atoms with E-state index in [-0.39, 0.29) is 11.5 Å². The van der Waals surface area contributed by atoms with Gasteiger partial charge < -0.3 is 9.88 Å². The fraction of sp³-hybridized carbons (Fsp3) is 0.167. The van der Waals surface area contributed by atoms with E-state index < -0.39 is 0 Å². The van der Waals surface area contributed by atoms with E-state index >= 15 is 0 Å². The van der Waals surface area contributed by atoms with Crippen molar-refractivity contribution in [1.82, 2.24) is 9.88 Å². The minimum absolute atomic E-state index is 0.0560. The number of hydrogen-bond acceptors (Lipinski definition) is 2. The Morgan fingerprint density at radius 1 is 1.13 bits per heavy atom. The quantitative estimate of drug-likeness (QED) is 0.399. The Morgan fingerprint density at radius 2 is 1.87 bits per heavy atom. The van der Waals surface area contributed by atoms with Crippen molar-refractivity contribution in [3.8, 4) is 11.8 Å². The summed E-state index contributed by atoms with van der Waals surface area (Å²) in [5, 5.41) is 13.5. The Morgan fingerprint density at radius 3 is 2.57 bits per heavy atom. The number of aromatic nitrogens is 1. The SMILES string of the molecule is Cc1cc(/C=C(/C#N)C(=O)NCCc2ccccc2)c(C)n1-c1cc(Cl)ccc1Cl. The van der Waals surface area contributed by atoms with Gasteiger partial charge >= 0.3 is 0 Å². The maximum atomic E-state index is 12.5. The second-order valence-corrected chi connectivity index (χ2v) is 7.76. The maximum Gasteiger partial charge on any atom is 0.261 e. The molecule has 30 heavy (non-hydrogen) atoms. The number of rotatable bonds is 6. The number of carbonyl (C=O) groups excluding carboxylic acids is 1. The van der Waals surface area contributed by atoms with Gasteiger partial charge in [0, 0.05) is 23.0 Å².